The largest absolute Gasteiger partial charge is 0.316 e. The van der Waals surface area contributed by atoms with Crippen LogP contribution in [0, 0.1) is 0 Å². The molecule has 2 heteroatoms. The molecular formula is C13H18N2. The van der Waals surface area contributed by atoms with Crippen molar-refractivity contribution in [2.45, 2.75) is 37.5 Å². The van der Waals surface area contributed by atoms with Gasteiger partial charge in [-0.15, -0.1) is 0 Å². The van der Waals surface area contributed by atoms with Crippen molar-refractivity contribution >= 4 is 0 Å². The van der Waals surface area contributed by atoms with E-state index >= 15 is 0 Å². The third kappa shape index (κ3) is 1.91. The van der Waals surface area contributed by atoms with Crippen LogP contribution in [0.15, 0.2) is 18.5 Å². The zero-order valence-corrected chi connectivity index (χ0v) is 9.08. The lowest BCUT2D eigenvalue weighted by Gasteiger charge is -2.24. The summed E-state index contributed by atoms with van der Waals surface area (Å²) in [5.41, 5.74) is 3.10. The van der Waals surface area contributed by atoms with Gasteiger partial charge in [-0.25, -0.2) is 0 Å². The summed E-state index contributed by atoms with van der Waals surface area (Å²) in [6.45, 7) is 2.33. The first-order valence-corrected chi connectivity index (χ1v) is 6.09. The maximum absolute atomic E-state index is 4.30. The number of hydrogen-bond acceptors (Lipinski definition) is 2. The molecule has 1 aromatic rings. The van der Waals surface area contributed by atoms with Crippen molar-refractivity contribution in [1.82, 2.24) is 10.3 Å². The summed E-state index contributed by atoms with van der Waals surface area (Å²) in [6.07, 6.45) is 9.47. The van der Waals surface area contributed by atoms with Gasteiger partial charge in [0.2, 0.25) is 0 Å². The lowest BCUT2D eigenvalue weighted by Crippen LogP contribution is -2.28. The fourth-order valence-corrected chi connectivity index (χ4v) is 2.64. The van der Waals surface area contributed by atoms with E-state index in [2.05, 4.69) is 22.6 Å². The van der Waals surface area contributed by atoms with Crippen molar-refractivity contribution in [3.63, 3.8) is 0 Å². The molecular weight excluding hydrogens is 184 g/mol. The highest BCUT2D eigenvalue weighted by atomic mass is 14.9. The molecule has 0 bridgehead atoms. The molecule has 2 nitrogen and oxygen atoms in total. The fourth-order valence-electron chi connectivity index (χ4n) is 2.64. The smallest absolute Gasteiger partial charge is 0.0306 e. The van der Waals surface area contributed by atoms with Crippen molar-refractivity contribution in [2.75, 3.05) is 13.1 Å². The zero-order valence-electron chi connectivity index (χ0n) is 9.08. The Morgan fingerprint density at radius 3 is 2.80 bits per heavy atom. The van der Waals surface area contributed by atoms with E-state index in [-0.39, 0.29) is 0 Å². The Bertz CT molecular complexity index is 338. The van der Waals surface area contributed by atoms with Crippen LogP contribution in [0.1, 0.15) is 48.6 Å². The second-order valence-corrected chi connectivity index (χ2v) is 4.82. The number of pyridine rings is 1. The Morgan fingerprint density at radius 2 is 2.07 bits per heavy atom. The number of rotatable bonds is 2. The Morgan fingerprint density at radius 1 is 1.13 bits per heavy atom. The van der Waals surface area contributed by atoms with Gasteiger partial charge in [0.1, 0.15) is 0 Å². The van der Waals surface area contributed by atoms with Gasteiger partial charge in [-0.3, -0.25) is 4.98 Å². The second kappa shape index (κ2) is 3.93. The van der Waals surface area contributed by atoms with E-state index in [0.29, 0.717) is 5.92 Å². The molecule has 0 radical (unpaired) electrons. The molecule has 2 heterocycles. The molecule has 80 valence electrons. The molecule has 2 aliphatic rings. The first-order chi connectivity index (χ1) is 7.45. The first-order valence-electron chi connectivity index (χ1n) is 6.09. The average molecular weight is 202 g/mol. The van der Waals surface area contributed by atoms with Gasteiger partial charge in [-0.05, 0) is 61.3 Å². The number of piperidine rings is 1. The Hall–Kier alpha value is -0.890. The number of nitrogens with one attached hydrogen (secondary N) is 1. The topological polar surface area (TPSA) is 24.9 Å². The minimum atomic E-state index is 0.711. The van der Waals surface area contributed by atoms with Crippen molar-refractivity contribution < 1.29 is 0 Å². The van der Waals surface area contributed by atoms with Crippen molar-refractivity contribution in [3.05, 3.63) is 29.6 Å². The summed E-state index contributed by atoms with van der Waals surface area (Å²) in [5, 5.41) is 3.49. The highest BCUT2D eigenvalue weighted by Crippen LogP contribution is 2.43. The average Bonchev–Trinajstić information content (AvgIpc) is 3.14. The highest BCUT2D eigenvalue weighted by molar-refractivity contribution is 5.33. The van der Waals surface area contributed by atoms with E-state index in [1.165, 1.54) is 37.8 Å². The maximum atomic E-state index is 4.30. The zero-order chi connectivity index (χ0) is 10.1. The fraction of sp³-hybridized carbons (Fsp3) is 0.615. The van der Waals surface area contributed by atoms with Crippen LogP contribution in [-0.2, 0) is 0 Å². The Labute approximate surface area is 91.1 Å². The molecule has 0 amide bonds. The molecule has 0 aromatic carbocycles. The van der Waals surface area contributed by atoms with Gasteiger partial charge in [0.05, 0.1) is 0 Å². The van der Waals surface area contributed by atoms with Crippen LogP contribution < -0.4 is 5.32 Å². The third-order valence-corrected chi connectivity index (χ3v) is 3.64. The molecule has 1 aliphatic heterocycles. The third-order valence-electron chi connectivity index (χ3n) is 3.64. The number of hydrogen-bond donors (Lipinski definition) is 1. The molecule has 1 N–H and O–H groups in total. The number of aromatic nitrogens is 1. The van der Waals surface area contributed by atoms with Crippen LogP contribution in [0.3, 0.4) is 0 Å². The number of nitrogens with zero attached hydrogens (tertiary/aromatic N) is 1. The van der Waals surface area contributed by atoms with Crippen LogP contribution in [0.4, 0.5) is 0 Å². The summed E-state index contributed by atoms with van der Waals surface area (Å²) in [4.78, 5) is 4.30. The van der Waals surface area contributed by atoms with Crippen LogP contribution in [-0.4, -0.2) is 18.1 Å². The molecule has 3 rings (SSSR count). The lowest BCUT2D eigenvalue weighted by atomic mass is 9.88. The molecule has 1 saturated carbocycles. The predicted molar refractivity (Wildman–Crippen MR) is 61.1 cm³/mol. The molecule has 1 saturated heterocycles. The van der Waals surface area contributed by atoms with E-state index in [0.717, 1.165) is 12.5 Å². The Kier molecular flexibility index (Phi) is 2.45. The highest BCUT2D eigenvalue weighted by Gasteiger charge is 2.28. The predicted octanol–water partition coefficient (Wildman–Crippen LogP) is 2.43. The molecule has 1 atom stereocenters. The monoisotopic (exact) mass is 202 g/mol. The molecule has 1 unspecified atom stereocenters. The van der Waals surface area contributed by atoms with Crippen LogP contribution >= 0.6 is 0 Å². The van der Waals surface area contributed by atoms with Gasteiger partial charge >= 0.3 is 0 Å². The van der Waals surface area contributed by atoms with E-state index < -0.39 is 0 Å². The van der Waals surface area contributed by atoms with Gasteiger partial charge in [-0.2, -0.15) is 0 Å². The SMILES string of the molecule is c1cc(C2CC2)c(C2CCCNC2)cn1. The van der Waals surface area contributed by atoms with E-state index in [9.17, 15) is 0 Å². The van der Waals surface area contributed by atoms with Crippen molar-refractivity contribution in [2.24, 2.45) is 0 Å². The van der Waals surface area contributed by atoms with Gasteiger partial charge in [0.25, 0.3) is 0 Å². The van der Waals surface area contributed by atoms with Crippen molar-refractivity contribution in [3.8, 4) is 0 Å². The maximum Gasteiger partial charge on any atom is 0.0306 e. The van der Waals surface area contributed by atoms with Crippen LogP contribution in [0.5, 0.6) is 0 Å². The molecule has 0 spiro atoms. The summed E-state index contributed by atoms with van der Waals surface area (Å²) in [7, 11) is 0. The van der Waals surface area contributed by atoms with Crippen LogP contribution in [0.25, 0.3) is 0 Å². The lowest BCUT2D eigenvalue weighted by molar-refractivity contribution is 0.458. The Balaban J connectivity index is 1.88. The summed E-state index contributed by atoms with van der Waals surface area (Å²) < 4.78 is 0. The quantitative estimate of drug-likeness (QED) is 0.796. The first kappa shape index (κ1) is 9.34. The van der Waals surface area contributed by atoms with E-state index in [1.54, 1.807) is 5.56 Å². The standard InChI is InChI=1S/C13H18N2/c1-2-11(8-14-6-1)13-9-15-7-5-12(13)10-3-4-10/h5,7,9-11,14H,1-4,6,8H2. The van der Waals surface area contributed by atoms with Crippen molar-refractivity contribution in [1.29, 1.82) is 0 Å². The second-order valence-electron chi connectivity index (χ2n) is 4.82. The summed E-state index contributed by atoms with van der Waals surface area (Å²) in [5.74, 6) is 1.56. The van der Waals surface area contributed by atoms with E-state index in [1.807, 2.05) is 6.20 Å². The van der Waals surface area contributed by atoms with Gasteiger partial charge in [-0.1, -0.05) is 0 Å². The van der Waals surface area contributed by atoms with E-state index in [4.69, 9.17) is 0 Å². The van der Waals surface area contributed by atoms with Gasteiger partial charge in [0.15, 0.2) is 0 Å². The molecule has 15 heavy (non-hydrogen) atoms. The van der Waals surface area contributed by atoms with Gasteiger partial charge in [0, 0.05) is 18.9 Å². The van der Waals surface area contributed by atoms with Crippen LogP contribution in [0.2, 0.25) is 0 Å². The van der Waals surface area contributed by atoms with Gasteiger partial charge < -0.3 is 5.32 Å². The molecule has 1 aliphatic carbocycles. The molecule has 2 fully saturated rings. The molecule has 1 aromatic heterocycles. The minimum absolute atomic E-state index is 0.711. The summed E-state index contributed by atoms with van der Waals surface area (Å²) >= 11 is 0. The normalized spacial score (nSPS) is 26.5. The summed E-state index contributed by atoms with van der Waals surface area (Å²) in [6, 6.07) is 2.24. The minimum Gasteiger partial charge on any atom is -0.316 e.